The van der Waals surface area contributed by atoms with Crippen molar-refractivity contribution in [1.82, 2.24) is 24.2 Å². The number of fused-ring (bicyclic) bond motifs is 3. The normalized spacial score (nSPS) is 16.9. The molecule has 3 aromatic heterocycles. The van der Waals surface area contributed by atoms with Crippen molar-refractivity contribution in [1.29, 1.82) is 5.26 Å². The first-order chi connectivity index (χ1) is 21.9. The Kier molecular flexibility index (Phi) is 6.66. The first-order valence-corrected chi connectivity index (χ1v) is 17.0. The van der Waals surface area contributed by atoms with Crippen LogP contribution >= 0.6 is 0 Å². The van der Waals surface area contributed by atoms with Crippen LogP contribution in [0.5, 0.6) is 5.75 Å². The molecule has 228 valence electrons. The summed E-state index contributed by atoms with van der Waals surface area (Å²) in [4.78, 5) is 23.1. The minimum atomic E-state index is -3.52. The number of aromatic nitrogens is 3. The molecule has 1 aliphatic heterocycles. The van der Waals surface area contributed by atoms with E-state index in [1.54, 1.807) is 24.5 Å². The number of nitrogens with one attached hydrogen (secondary N) is 2. The number of hydrogen-bond acceptors (Lipinski definition) is 7. The molecule has 2 N–H and O–H groups in total. The van der Waals surface area contributed by atoms with Gasteiger partial charge < -0.3 is 19.9 Å². The highest BCUT2D eigenvalue weighted by Crippen LogP contribution is 2.38. The second-order valence-corrected chi connectivity index (χ2v) is 14.3. The van der Waals surface area contributed by atoms with Crippen LogP contribution < -0.4 is 10.1 Å². The van der Waals surface area contributed by atoms with E-state index in [1.165, 1.54) is 16.8 Å². The van der Waals surface area contributed by atoms with Gasteiger partial charge in [-0.3, -0.25) is 4.79 Å². The number of hydrogen-bond donors (Lipinski definition) is 2. The number of ether oxygens (including phenoxy) is 1. The molecule has 45 heavy (non-hydrogen) atoms. The van der Waals surface area contributed by atoms with Crippen molar-refractivity contribution >= 4 is 37.9 Å². The largest absolute Gasteiger partial charge is 0.491 e. The summed E-state index contributed by atoms with van der Waals surface area (Å²) in [5.74, 6) is 1.33. The van der Waals surface area contributed by atoms with E-state index in [0.29, 0.717) is 66.0 Å². The average molecular weight is 621 g/mol. The quantitative estimate of drug-likeness (QED) is 0.224. The first-order valence-electron chi connectivity index (χ1n) is 15.4. The third kappa shape index (κ3) is 5.04. The van der Waals surface area contributed by atoms with Gasteiger partial charge in [0.05, 0.1) is 34.5 Å². The SMILES string of the molecule is N#Cc1cc(-c2c[nH]c3ncc(-c4ccc5c(c4)OCCN(CCNCC4CC4)C5=O)cc23)cc2c1ccn2S(=O)(=O)C1CC1. The standard InChI is InChI=1S/C34H32N6O4S/c35-17-24-13-23(15-31-27(24)7-9-40(31)45(42,43)26-4-5-26)30-20-38-33-29(30)14-25(19-37-33)22-3-6-28-32(16-22)44-12-11-39(34(28)41)10-8-36-18-21-1-2-21/h3,6-7,9,13-16,19-21,26,36H,1-2,4-5,8,10-12,18H2,(H,37,38). The van der Waals surface area contributed by atoms with Gasteiger partial charge in [0.25, 0.3) is 5.91 Å². The van der Waals surface area contributed by atoms with Crippen molar-refractivity contribution in [2.45, 2.75) is 30.9 Å². The second-order valence-electron chi connectivity index (χ2n) is 12.2. The Morgan fingerprint density at radius 1 is 1.02 bits per heavy atom. The fraction of sp³-hybridized carbons (Fsp3) is 0.324. The number of benzene rings is 2. The maximum Gasteiger partial charge on any atom is 0.257 e. The van der Waals surface area contributed by atoms with Gasteiger partial charge in [0.15, 0.2) is 0 Å². The topological polar surface area (TPSA) is 133 Å². The summed E-state index contributed by atoms with van der Waals surface area (Å²) in [6.07, 6.45) is 9.06. The third-order valence-electron chi connectivity index (χ3n) is 9.09. The number of rotatable bonds is 9. The van der Waals surface area contributed by atoms with E-state index >= 15 is 0 Å². The smallest absolute Gasteiger partial charge is 0.257 e. The molecule has 0 bridgehead atoms. The van der Waals surface area contributed by atoms with Crippen LogP contribution in [0, 0.1) is 17.2 Å². The minimum Gasteiger partial charge on any atom is -0.491 e. The van der Waals surface area contributed by atoms with Gasteiger partial charge in [-0.15, -0.1) is 0 Å². The Labute approximate surface area is 260 Å². The molecule has 0 radical (unpaired) electrons. The maximum absolute atomic E-state index is 13.4. The van der Waals surface area contributed by atoms with E-state index in [2.05, 4.69) is 21.4 Å². The van der Waals surface area contributed by atoms with E-state index in [0.717, 1.165) is 46.6 Å². The van der Waals surface area contributed by atoms with E-state index in [1.807, 2.05) is 41.4 Å². The van der Waals surface area contributed by atoms with E-state index in [-0.39, 0.29) is 11.2 Å². The summed E-state index contributed by atoms with van der Waals surface area (Å²) in [5.41, 5.74) is 5.35. The highest BCUT2D eigenvalue weighted by molar-refractivity contribution is 7.91. The van der Waals surface area contributed by atoms with Crippen molar-refractivity contribution in [2.75, 3.05) is 32.8 Å². The molecule has 2 fully saturated rings. The molecular weight excluding hydrogens is 588 g/mol. The highest BCUT2D eigenvalue weighted by atomic mass is 32.2. The van der Waals surface area contributed by atoms with Gasteiger partial charge in [0.2, 0.25) is 10.0 Å². The van der Waals surface area contributed by atoms with Crippen LogP contribution in [-0.4, -0.2) is 71.2 Å². The average Bonchev–Trinajstić information content (AvgIpc) is 3.99. The Hall–Kier alpha value is -4.66. The number of carbonyl (C=O) groups excluding carboxylic acids is 1. The minimum absolute atomic E-state index is 0.0269. The Balaban J connectivity index is 1.12. The molecule has 0 unspecified atom stereocenters. The molecule has 10 nitrogen and oxygen atoms in total. The summed E-state index contributed by atoms with van der Waals surface area (Å²) in [5, 5.41) is 14.5. The van der Waals surface area contributed by atoms with Crippen molar-refractivity contribution in [3.63, 3.8) is 0 Å². The maximum atomic E-state index is 13.4. The van der Waals surface area contributed by atoms with Gasteiger partial charge in [-0.05, 0) is 85.7 Å². The molecular formula is C34H32N6O4S. The number of amides is 1. The van der Waals surface area contributed by atoms with Crippen LogP contribution in [0.1, 0.15) is 41.6 Å². The van der Waals surface area contributed by atoms with E-state index in [9.17, 15) is 18.5 Å². The number of nitrogens with zero attached hydrogens (tertiary/aromatic N) is 4. The summed E-state index contributed by atoms with van der Waals surface area (Å²) in [6.45, 7) is 3.39. The van der Waals surface area contributed by atoms with Crippen LogP contribution in [0.4, 0.5) is 0 Å². The fourth-order valence-electron chi connectivity index (χ4n) is 6.21. The molecule has 0 atom stereocenters. The molecule has 2 aromatic carbocycles. The van der Waals surface area contributed by atoms with Crippen molar-refractivity contribution in [2.24, 2.45) is 5.92 Å². The molecule has 11 heteroatoms. The molecule has 2 saturated carbocycles. The second kappa shape index (κ2) is 10.8. The molecule has 5 aromatic rings. The van der Waals surface area contributed by atoms with Gasteiger partial charge in [-0.1, -0.05) is 6.07 Å². The van der Waals surface area contributed by atoms with Gasteiger partial charge in [-0.25, -0.2) is 17.4 Å². The van der Waals surface area contributed by atoms with Crippen LogP contribution in [0.3, 0.4) is 0 Å². The van der Waals surface area contributed by atoms with Crippen molar-refractivity contribution in [3.8, 4) is 34.1 Å². The lowest BCUT2D eigenvalue weighted by Crippen LogP contribution is -2.38. The lowest BCUT2D eigenvalue weighted by atomic mass is 9.98. The monoisotopic (exact) mass is 620 g/mol. The highest BCUT2D eigenvalue weighted by Gasteiger charge is 2.37. The lowest BCUT2D eigenvalue weighted by molar-refractivity contribution is 0.0757. The molecule has 3 aliphatic rings. The van der Waals surface area contributed by atoms with Crippen LogP contribution in [-0.2, 0) is 10.0 Å². The fourth-order valence-corrected chi connectivity index (χ4v) is 7.91. The predicted molar refractivity (Wildman–Crippen MR) is 172 cm³/mol. The van der Waals surface area contributed by atoms with Gasteiger partial charge >= 0.3 is 0 Å². The van der Waals surface area contributed by atoms with Crippen molar-refractivity contribution < 1.29 is 17.9 Å². The Bertz CT molecular complexity index is 2140. The molecule has 2 aliphatic carbocycles. The number of aromatic amines is 1. The number of pyridine rings is 1. The zero-order valence-electron chi connectivity index (χ0n) is 24.6. The van der Waals surface area contributed by atoms with Crippen LogP contribution in [0.15, 0.2) is 61.1 Å². The molecule has 1 amide bonds. The Morgan fingerprint density at radius 3 is 2.69 bits per heavy atom. The van der Waals surface area contributed by atoms with E-state index < -0.39 is 10.0 Å². The lowest BCUT2D eigenvalue weighted by Gasteiger charge is -2.20. The van der Waals surface area contributed by atoms with Gasteiger partial charge in [-0.2, -0.15) is 5.26 Å². The number of nitriles is 1. The Morgan fingerprint density at radius 2 is 1.89 bits per heavy atom. The first kappa shape index (κ1) is 27.9. The zero-order valence-corrected chi connectivity index (χ0v) is 25.4. The van der Waals surface area contributed by atoms with Crippen LogP contribution in [0.2, 0.25) is 0 Å². The predicted octanol–water partition coefficient (Wildman–Crippen LogP) is 4.90. The molecule has 4 heterocycles. The molecule has 0 saturated heterocycles. The third-order valence-corrected chi connectivity index (χ3v) is 11.3. The van der Waals surface area contributed by atoms with Crippen LogP contribution in [0.25, 0.3) is 44.2 Å². The summed E-state index contributed by atoms with van der Waals surface area (Å²) in [6, 6.07) is 15.2. The van der Waals surface area contributed by atoms with Gasteiger partial charge in [0.1, 0.15) is 18.0 Å². The van der Waals surface area contributed by atoms with E-state index in [4.69, 9.17) is 4.74 Å². The molecule has 8 rings (SSSR count). The number of H-pyrrole nitrogens is 1. The summed E-state index contributed by atoms with van der Waals surface area (Å²) >= 11 is 0. The summed E-state index contributed by atoms with van der Waals surface area (Å²) < 4.78 is 33.7. The summed E-state index contributed by atoms with van der Waals surface area (Å²) in [7, 11) is -3.52. The van der Waals surface area contributed by atoms with Crippen molar-refractivity contribution in [3.05, 3.63) is 72.2 Å². The number of carbonyl (C=O) groups is 1. The zero-order chi connectivity index (χ0) is 30.7. The van der Waals surface area contributed by atoms with Gasteiger partial charge in [0, 0.05) is 53.6 Å². The molecule has 0 spiro atoms.